The van der Waals surface area contributed by atoms with E-state index in [9.17, 15) is 75.0 Å². The summed E-state index contributed by atoms with van der Waals surface area (Å²) in [5.41, 5.74) is -2.34. The second-order valence-electron chi connectivity index (χ2n) is 6.87. The molecule has 0 rings (SSSR count). The van der Waals surface area contributed by atoms with Gasteiger partial charge >= 0.3 is 47.9 Å². The Morgan fingerprint density at radius 1 is 0.688 bits per heavy atom. The lowest BCUT2D eigenvalue weighted by Gasteiger charge is -2.42. The summed E-state index contributed by atoms with van der Waals surface area (Å²) < 4.78 is 210. The summed E-state index contributed by atoms with van der Waals surface area (Å²) in [4.78, 5) is 11.2. The minimum atomic E-state index is -8.57. The molecule has 0 heterocycles. The predicted octanol–water partition coefficient (Wildman–Crippen LogP) is 4.59. The Hall–Kier alpha value is -1.69. The number of aliphatic hydroxyl groups is 1. The van der Waals surface area contributed by atoms with Crippen molar-refractivity contribution in [3.8, 4) is 0 Å². The van der Waals surface area contributed by atoms with Gasteiger partial charge in [-0.3, -0.25) is 4.79 Å². The molecule has 1 amide bonds. The molecule has 0 aliphatic rings. The molecule has 19 heteroatoms. The zero-order chi connectivity index (χ0) is 26.6. The van der Waals surface area contributed by atoms with E-state index in [1.807, 2.05) is 0 Å². The third kappa shape index (κ3) is 4.04. The summed E-state index contributed by atoms with van der Waals surface area (Å²) in [6.07, 6.45) is -5.93. The van der Waals surface area contributed by atoms with E-state index in [2.05, 4.69) is 0 Å². The van der Waals surface area contributed by atoms with Gasteiger partial charge in [-0.15, -0.1) is 0 Å². The summed E-state index contributed by atoms with van der Waals surface area (Å²) in [7, 11) is 0. The molecule has 3 nitrogen and oxygen atoms in total. The van der Waals surface area contributed by atoms with Gasteiger partial charge in [0.05, 0.1) is 12.1 Å². The Morgan fingerprint density at radius 3 is 1.31 bits per heavy atom. The largest absolute Gasteiger partial charge is 0.394 e. The molecule has 0 radical (unpaired) electrons. The van der Waals surface area contributed by atoms with Gasteiger partial charge in [0, 0.05) is 0 Å². The highest BCUT2D eigenvalue weighted by Crippen LogP contribution is 2.62. The molecule has 0 atom stereocenters. The Morgan fingerprint density at radius 2 is 1.00 bits per heavy atom. The summed E-state index contributed by atoms with van der Waals surface area (Å²) in [5, 5.41) is 9.42. The number of alkyl halides is 16. The molecule has 0 unspecified atom stereocenters. The fourth-order valence-electron chi connectivity index (χ4n) is 1.70. The van der Waals surface area contributed by atoms with Crippen LogP contribution in [0, 0.1) is 0 Å². The van der Waals surface area contributed by atoms with E-state index in [0.717, 1.165) is 5.32 Å². The lowest BCUT2D eigenvalue weighted by atomic mass is 9.89. The van der Waals surface area contributed by atoms with Gasteiger partial charge in [0.15, 0.2) is 0 Å². The molecule has 2 N–H and O–H groups in total. The summed E-state index contributed by atoms with van der Waals surface area (Å²) in [6, 6.07) is 0. The van der Waals surface area contributed by atoms with Crippen molar-refractivity contribution in [1.82, 2.24) is 5.32 Å². The standard InChI is InChI=1S/C13H11F16NO2/c1-6(2,3-31)30-5(32)8(18,19)10(22,23)12(26,27)13(28,29)11(24,25)9(20,21)7(16,17)4(14)15/h4,31H,3H2,1-2H3,(H,30,32). The van der Waals surface area contributed by atoms with Crippen molar-refractivity contribution in [2.24, 2.45) is 0 Å². The van der Waals surface area contributed by atoms with Gasteiger partial charge in [0.25, 0.3) is 5.91 Å². The highest BCUT2D eigenvalue weighted by Gasteiger charge is 2.94. The lowest BCUT2D eigenvalue weighted by molar-refractivity contribution is -0.443. The van der Waals surface area contributed by atoms with Crippen molar-refractivity contribution >= 4 is 5.91 Å². The maximum absolute atomic E-state index is 13.6. The minimum absolute atomic E-state index is 0.576. The molecular weight excluding hydrogens is 506 g/mol. The van der Waals surface area contributed by atoms with E-state index in [-0.39, 0.29) is 0 Å². The van der Waals surface area contributed by atoms with E-state index in [0.29, 0.717) is 13.8 Å². The van der Waals surface area contributed by atoms with Crippen molar-refractivity contribution in [3.05, 3.63) is 0 Å². The van der Waals surface area contributed by atoms with Crippen LogP contribution in [0.3, 0.4) is 0 Å². The molecule has 0 fully saturated rings. The fraction of sp³-hybridized carbons (Fsp3) is 0.923. The first kappa shape index (κ1) is 30.3. The second kappa shape index (κ2) is 7.96. The number of hydrogen-bond acceptors (Lipinski definition) is 2. The summed E-state index contributed by atoms with van der Waals surface area (Å²) >= 11 is 0. The molecule has 0 aliphatic carbocycles. The Kier molecular flexibility index (Phi) is 7.54. The number of carbonyl (C=O) groups excluding carboxylic acids is 1. The molecular formula is C13H11F16NO2. The molecule has 0 aromatic heterocycles. The van der Waals surface area contributed by atoms with Gasteiger partial charge in [0.2, 0.25) is 0 Å². The average molecular weight is 517 g/mol. The van der Waals surface area contributed by atoms with Crippen LogP contribution < -0.4 is 5.32 Å². The number of aliphatic hydroxyl groups excluding tert-OH is 1. The van der Waals surface area contributed by atoms with Gasteiger partial charge < -0.3 is 10.4 Å². The zero-order valence-electron chi connectivity index (χ0n) is 15.2. The first-order chi connectivity index (χ1) is 13.6. The maximum Gasteiger partial charge on any atom is 0.392 e. The molecule has 0 aromatic rings. The van der Waals surface area contributed by atoms with Crippen molar-refractivity contribution in [3.63, 3.8) is 0 Å². The number of rotatable bonds is 10. The Bertz CT molecular complexity index is 702. The maximum atomic E-state index is 13.6. The molecule has 0 saturated heterocycles. The third-order valence-corrected chi connectivity index (χ3v) is 3.80. The lowest BCUT2D eigenvalue weighted by Crippen LogP contribution is -2.75. The zero-order valence-corrected chi connectivity index (χ0v) is 15.2. The van der Waals surface area contributed by atoms with Crippen LogP contribution >= 0.6 is 0 Å². The van der Waals surface area contributed by atoms with Crippen molar-refractivity contribution < 1.29 is 80.1 Å². The molecule has 32 heavy (non-hydrogen) atoms. The number of nitrogens with one attached hydrogen (secondary N) is 1. The van der Waals surface area contributed by atoms with Gasteiger partial charge in [-0.25, -0.2) is 8.78 Å². The molecule has 192 valence electrons. The smallest absolute Gasteiger partial charge is 0.392 e. The Labute approximate surface area is 166 Å². The predicted molar refractivity (Wildman–Crippen MR) is 69.9 cm³/mol. The van der Waals surface area contributed by atoms with Crippen LogP contribution in [-0.4, -0.2) is 71.0 Å². The quantitative estimate of drug-likeness (QED) is 0.417. The Balaban J connectivity index is 6.64. The fourth-order valence-corrected chi connectivity index (χ4v) is 1.70. The normalized spacial score (nSPS) is 15.9. The number of hydrogen-bond donors (Lipinski definition) is 2. The molecule has 0 aliphatic heterocycles. The van der Waals surface area contributed by atoms with Gasteiger partial charge in [-0.1, -0.05) is 0 Å². The van der Waals surface area contributed by atoms with Crippen LogP contribution in [-0.2, 0) is 4.79 Å². The van der Waals surface area contributed by atoms with Crippen LogP contribution in [0.4, 0.5) is 70.2 Å². The minimum Gasteiger partial charge on any atom is -0.394 e. The topological polar surface area (TPSA) is 49.3 Å². The first-order valence-electron chi connectivity index (χ1n) is 7.49. The SMILES string of the molecule is CC(C)(CO)NC(=O)C(F)(F)C(F)(F)C(F)(F)C(F)(F)C(F)(F)C(F)(F)C(F)(F)C(F)F. The molecule has 0 aromatic carbocycles. The van der Waals surface area contributed by atoms with E-state index >= 15 is 0 Å². The first-order valence-corrected chi connectivity index (χ1v) is 7.49. The van der Waals surface area contributed by atoms with Crippen molar-refractivity contribution in [1.29, 1.82) is 0 Å². The van der Waals surface area contributed by atoms with E-state index in [4.69, 9.17) is 5.11 Å². The van der Waals surface area contributed by atoms with Crippen LogP contribution in [0.25, 0.3) is 0 Å². The number of carbonyl (C=O) groups is 1. The van der Waals surface area contributed by atoms with Gasteiger partial charge in [-0.2, -0.15) is 61.5 Å². The molecule has 0 saturated carbocycles. The van der Waals surface area contributed by atoms with Crippen LogP contribution in [0.1, 0.15) is 13.8 Å². The molecule has 0 spiro atoms. The second-order valence-corrected chi connectivity index (χ2v) is 6.87. The summed E-state index contributed by atoms with van der Waals surface area (Å²) in [5.74, 6) is -59.9. The highest BCUT2D eigenvalue weighted by atomic mass is 19.4. The van der Waals surface area contributed by atoms with E-state index in [1.165, 1.54) is 0 Å². The monoisotopic (exact) mass is 517 g/mol. The van der Waals surface area contributed by atoms with Crippen LogP contribution in [0.2, 0.25) is 0 Å². The third-order valence-electron chi connectivity index (χ3n) is 3.80. The number of amides is 1. The molecule has 0 bridgehead atoms. The van der Waals surface area contributed by atoms with E-state index in [1.54, 1.807) is 0 Å². The van der Waals surface area contributed by atoms with Crippen LogP contribution in [0.15, 0.2) is 0 Å². The van der Waals surface area contributed by atoms with Crippen molar-refractivity contribution in [2.75, 3.05) is 6.61 Å². The summed E-state index contributed by atoms with van der Waals surface area (Å²) in [6.45, 7) is -0.222. The van der Waals surface area contributed by atoms with E-state index < -0.39 is 65.9 Å². The van der Waals surface area contributed by atoms with Crippen LogP contribution in [0.5, 0.6) is 0 Å². The average Bonchev–Trinajstić information content (AvgIpc) is 2.59. The highest BCUT2D eigenvalue weighted by molar-refractivity contribution is 5.85. The number of halogens is 16. The van der Waals surface area contributed by atoms with Gasteiger partial charge in [0.1, 0.15) is 0 Å². The van der Waals surface area contributed by atoms with Crippen molar-refractivity contribution in [2.45, 2.75) is 67.3 Å². The van der Waals surface area contributed by atoms with Gasteiger partial charge in [-0.05, 0) is 13.8 Å².